The Labute approximate surface area is 163 Å². The molecular formula is C18H22N6O3S. The SMILES string of the molecule is CN=C(NCCc1ccc(S(C)(=O)=O)cc1)NCc1nc(-c2ccco2)n[nH]1. The number of nitrogens with zero attached hydrogens (tertiary/aromatic N) is 3. The minimum Gasteiger partial charge on any atom is -0.461 e. The number of sulfone groups is 1. The van der Waals surface area contributed by atoms with Crippen LogP contribution >= 0.6 is 0 Å². The van der Waals surface area contributed by atoms with E-state index < -0.39 is 9.84 Å². The summed E-state index contributed by atoms with van der Waals surface area (Å²) in [5.74, 6) is 2.39. The van der Waals surface area contributed by atoms with Crippen molar-refractivity contribution < 1.29 is 12.8 Å². The number of aliphatic imine (C=N–C) groups is 1. The average molecular weight is 402 g/mol. The van der Waals surface area contributed by atoms with Crippen LogP contribution in [0.1, 0.15) is 11.4 Å². The Kier molecular flexibility index (Phi) is 6.09. The number of aromatic nitrogens is 3. The van der Waals surface area contributed by atoms with Gasteiger partial charge in [0, 0.05) is 19.8 Å². The minimum atomic E-state index is -3.17. The fourth-order valence-electron chi connectivity index (χ4n) is 2.51. The molecule has 2 heterocycles. The first-order valence-electron chi connectivity index (χ1n) is 8.64. The van der Waals surface area contributed by atoms with Gasteiger partial charge >= 0.3 is 0 Å². The zero-order chi connectivity index (χ0) is 20.0. The van der Waals surface area contributed by atoms with Crippen molar-refractivity contribution in [1.82, 2.24) is 25.8 Å². The van der Waals surface area contributed by atoms with Crippen molar-refractivity contribution in [3.63, 3.8) is 0 Å². The van der Waals surface area contributed by atoms with E-state index in [0.717, 1.165) is 12.0 Å². The third-order valence-electron chi connectivity index (χ3n) is 3.98. The molecule has 0 fully saturated rings. The van der Waals surface area contributed by atoms with E-state index in [1.165, 1.54) is 6.26 Å². The summed E-state index contributed by atoms with van der Waals surface area (Å²) in [5.41, 5.74) is 1.04. The Morgan fingerprint density at radius 2 is 2.00 bits per heavy atom. The Bertz CT molecular complexity index is 1020. The van der Waals surface area contributed by atoms with E-state index in [1.54, 1.807) is 37.6 Å². The number of benzene rings is 1. The first-order valence-corrected chi connectivity index (χ1v) is 10.5. The van der Waals surface area contributed by atoms with Crippen LogP contribution in [0, 0.1) is 0 Å². The number of furan rings is 1. The molecule has 148 valence electrons. The molecule has 10 heteroatoms. The van der Waals surface area contributed by atoms with Gasteiger partial charge in [0.05, 0.1) is 17.7 Å². The highest BCUT2D eigenvalue weighted by atomic mass is 32.2. The molecule has 0 saturated carbocycles. The topological polar surface area (TPSA) is 125 Å². The van der Waals surface area contributed by atoms with Gasteiger partial charge in [-0.05, 0) is 36.2 Å². The van der Waals surface area contributed by atoms with Gasteiger partial charge in [-0.1, -0.05) is 12.1 Å². The molecule has 3 aromatic rings. The maximum atomic E-state index is 11.5. The van der Waals surface area contributed by atoms with Gasteiger partial charge in [0.1, 0.15) is 5.82 Å². The summed E-state index contributed by atoms with van der Waals surface area (Å²) in [5, 5.41) is 13.3. The predicted octanol–water partition coefficient (Wildman–Crippen LogP) is 1.38. The maximum Gasteiger partial charge on any atom is 0.216 e. The van der Waals surface area contributed by atoms with Crippen LogP contribution in [0.5, 0.6) is 0 Å². The summed E-state index contributed by atoms with van der Waals surface area (Å²) in [6.07, 6.45) is 3.51. The summed E-state index contributed by atoms with van der Waals surface area (Å²) in [6, 6.07) is 10.5. The number of hydrogen-bond donors (Lipinski definition) is 3. The van der Waals surface area contributed by atoms with E-state index in [4.69, 9.17) is 4.42 Å². The van der Waals surface area contributed by atoms with Gasteiger partial charge in [-0.25, -0.2) is 13.4 Å². The van der Waals surface area contributed by atoms with Crippen LogP contribution in [-0.2, 0) is 22.8 Å². The molecule has 28 heavy (non-hydrogen) atoms. The van der Waals surface area contributed by atoms with Crippen molar-refractivity contribution in [1.29, 1.82) is 0 Å². The first-order chi connectivity index (χ1) is 13.5. The highest BCUT2D eigenvalue weighted by Crippen LogP contribution is 2.14. The molecule has 0 aliphatic rings. The van der Waals surface area contributed by atoms with E-state index in [1.807, 2.05) is 12.1 Å². The molecule has 3 N–H and O–H groups in total. The molecule has 0 saturated heterocycles. The van der Waals surface area contributed by atoms with Crippen molar-refractivity contribution in [2.75, 3.05) is 19.8 Å². The quantitative estimate of drug-likeness (QED) is 0.403. The molecule has 0 aliphatic heterocycles. The van der Waals surface area contributed by atoms with Gasteiger partial charge in [-0.15, -0.1) is 5.10 Å². The molecule has 0 aliphatic carbocycles. The molecule has 2 aromatic heterocycles. The second-order valence-corrected chi connectivity index (χ2v) is 8.12. The molecule has 0 amide bonds. The highest BCUT2D eigenvalue weighted by molar-refractivity contribution is 7.90. The minimum absolute atomic E-state index is 0.322. The number of H-pyrrole nitrogens is 1. The summed E-state index contributed by atoms with van der Waals surface area (Å²) in [6.45, 7) is 1.07. The molecule has 1 aromatic carbocycles. The second-order valence-electron chi connectivity index (χ2n) is 6.10. The van der Waals surface area contributed by atoms with Gasteiger partial charge in [-0.3, -0.25) is 10.1 Å². The normalized spacial score (nSPS) is 12.1. The predicted molar refractivity (Wildman–Crippen MR) is 106 cm³/mol. The van der Waals surface area contributed by atoms with E-state index in [0.29, 0.717) is 41.4 Å². The molecule has 0 bridgehead atoms. The second kappa shape index (κ2) is 8.70. The fraction of sp³-hybridized carbons (Fsp3) is 0.278. The zero-order valence-corrected chi connectivity index (χ0v) is 16.5. The third-order valence-corrected chi connectivity index (χ3v) is 5.11. The lowest BCUT2D eigenvalue weighted by molar-refractivity contribution is 0.577. The van der Waals surface area contributed by atoms with E-state index in [2.05, 4.69) is 30.8 Å². The van der Waals surface area contributed by atoms with E-state index in [-0.39, 0.29) is 0 Å². The van der Waals surface area contributed by atoms with Crippen molar-refractivity contribution >= 4 is 15.8 Å². The van der Waals surface area contributed by atoms with Crippen molar-refractivity contribution in [3.05, 3.63) is 54.0 Å². The number of guanidine groups is 1. The highest BCUT2D eigenvalue weighted by Gasteiger charge is 2.09. The molecule has 0 radical (unpaired) electrons. The van der Waals surface area contributed by atoms with Gasteiger partial charge in [0.2, 0.25) is 5.82 Å². The Morgan fingerprint density at radius 1 is 1.21 bits per heavy atom. The van der Waals surface area contributed by atoms with Gasteiger partial charge in [0.15, 0.2) is 21.6 Å². The molecule has 9 nitrogen and oxygen atoms in total. The number of hydrogen-bond acceptors (Lipinski definition) is 6. The monoisotopic (exact) mass is 402 g/mol. The number of nitrogens with one attached hydrogen (secondary N) is 3. The average Bonchev–Trinajstić information content (AvgIpc) is 3.35. The Morgan fingerprint density at radius 3 is 2.64 bits per heavy atom. The molecular weight excluding hydrogens is 380 g/mol. The van der Waals surface area contributed by atoms with Gasteiger partial charge in [0.25, 0.3) is 0 Å². The zero-order valence-electron chi connectivity index (χ0n) is 15.6. The first kappa shape index (κ1) is 19.6. The molecule has 0 atom stereocenters. The fourth-order valence-corrected chi connectivity index (χ4v) is 3.14. The van der Waals surface area contributed by atoms with Crippen LogP contribution in [0.4, 0.5) is 0 Å². The molecule has 3 rings (SSSR count). The maximum absolute atomic E-state index is 11.5. The Hall–Kier alpha value is -3.14. The van der Waals surface area contributed by atoms with Crippen LogP contribution < -0.4 is 10.6 Å². The summed E-state index contributed by atoms with van der Waals surface area (Å²) in [7, 11) is -1.48. The standard InChI is InChI=1S/C18H22N6O3S/c1-19-18(20-10-9-13-5-7-14(8-6-13)28(2,25)26)21-12-16-22-17(24-23-16)15-4-3-11-27-15/h3-8,11H,9-10,12H2,1-2H3,(H2,19,20,21)(H,22,23,24). The summed E-state index contributed by atoms with van der Waals surface area (Å²) in [4.78, 5) is 8.85. The lowest BCUT2D eigenvalue weighted by atomic mass is 10.1. The Balaban J connectivity index is 1.46. The van der Waals surface area contributed by atoms with E-state index in [9.17, 15) is 8.42 Å². The van der Waals surface area contributed by atoms with Crippen molar-refractivity contribution in [2.45, 2.75) is 17.9 Å². The summed E-state index contributed by atoms with van der Waals surface area (Å²) < 4.78 is 28.2. The number of aromatic amines is 1. The lowest BCUT2D eigenvalue weighted by Crippen LogP contribution is -2.38. The third kappa shape index (κ3) is 5.19. The van der Waals surface area contributed by atoms with E-state index >= 15 is 0 Å². The molecule has 0 spiro atoms. The van der Waals surface area contributed by atoms with Crippen LogP contribution in [0.3, 0.4) is 0 Å². The van der Waals surface area contributed by atoms with Crippen LogP contribution in [0.2, 0.25) is 0 Å². The molecule has 0 unspecified atom stereocenters. The van der Waals surface area contributed by atoms with Crippen LogP contribution in [-0.4, -0.2) is 49.4 Å². The van der Waals surface area contributed by atoms with Gasteiger partial charge in [-0.2, -0.15) is 0 Å². The van der Waals surface area contributed by atoms with Crippen molar-refractivity contribution in [2.24, 2.45) is 4.99 Å². The van der Waals surface area contributed by atoms with Gasteiger partial charge < -0.3 is 15.1 Å². The summed E-state index contributed by atoms with van der Waals surface area (Å²) >= 11 is 0. The number of rotatable bonds is 7. The van der Waals surface area contributed by atoms with Crippen LogP contribution in [0.15, 0.2) is 57.0 Å². The lowest BCUT2D eigenvalue weighted by Gasteiger charge is -2.11. The smallest absolute Gasteiger partial charge is 0.216 e. The van der Waals surface area contributed by atoms with Crippen LogP contribution in [0.25, 0.3) is 11.6 Å². The largest absolute Gasteiger partial charge is 0.461 e. The van der Waals surface area contributed by atoms with Crippen molar-refractivity contribution in [3.8, 4) is 11.6 Å².